The molecule has 160 valence electrons. The van der Waals surface area contributed by atoms with Gasteiger partial charge in [0.1, 0.15) is 5.82 Å². The Labute approximate surface area is 183 Å². The van der Waals surface area contributed by atoms with E-state index in [0.29, 0.717) is 40.6 Å². The molecule has 0 fully saturated rings. The number of benzene rings is 3. The van der Waals surface area contributed by atoms with Crippen LogP contribution in [0.2, 0.25) is 0 Å². The van der Waals surface area contributed by atoms with E-state index >= 15 is 4.39 Å². The Balaban J connectivity index is 1.81. The number of nitrogens with zero attached hydrogens (tertiary/aromatic N) is 2. The van der Waals surface area contributed by atoms with Crippen LogP contribution in [0.1, 0.15) is 16.7 Å². The highest BCUT2D eigenvalue weighted by molar-refractivity contribution is 6.16. The van der Waals surface area contributed by atoms with Gasteiger partial charge in [0.2, 0.25) is 5.91 Å². The van der Waals surface area contributed by atoms with Gasteiger partial charge in [-0.25, -0.2) is 4.39 Å². The Hall–Kier alpha value is -3.89. The lowest BCUT2D eigenvalue weighted by Gasteiger charge is -2.13. The summed E-state index contributed by atoms with van der Waals surface area (Å²) in [6, 6.07) is 12.8. The molecule has 1 amide bonds. The number of primary amides is 1. The lowest BCUT2D eigenvalue weighted by atomic mass is 9.94. The van der Waals surface area contributed by atoms with E-state index in [1.54, 1.807) is 4.90 Å². The van der Waals surface area contributed by atoms with Gasteiger partial charge in [-0.2, -0.15) is 5.26 Å². The topological polar surface area (TPSA) is 106 Å². The van der Waals surface area contributed by atoms with Gasteiger partial charge in [0, 0.05) is 35.0 Å². The van der Waals surface area contributed by atoms with E-state index in [0.717, 1.165) is 34.1 Å². The van der Waals surface area contributed by atoms with Gasteiger partial charge in [-0.1, -0.05) is 24.3 Å². The minimum absolute atomic E-state index is 0.0308. The first kappa shape index (κ1) is 20.0. The number of rotatable bonds is 5. The molecule has 32 heavy (non-hydrogen) atoms. The summed E-state index contributed by atoms with van der Waals surface area (Å²) < 4.78 is 15.6. The smallest absolute Gasteiger partial charge is 0.221 e. The summed E-state index contributed by atoms with van der Waals surface area (Å²) in [7, 11) is 0. The zero-order chi connectivity index (χ0) is 22.4. The number of nitrogens with two attached hydrogens (primary N) is 1. The van der Waals surface area contributed by atoms with E-state index in [-0.39, 0.29) is 13.0 Å². The standard InChI is InChI=1S/C25H21FN4O2/c26-19-10-17(12-22(28)32)25-24(18-4-1-14(6-8-31)9-20(18)29-25)23(19)16-3-2-15-5-7-30(13-27)21(15)11-16/h1-4,9-11,29,31H,5-8,12H2,(H2,28,32). The summed E-state index contributed by atoms with van der Waals surface area (Å²) in [5, 5.41) is 20.2. The number of halogens is 1. The fourth-order valence-electron chi connectivity index (χ4n) is 4.69. The van der Waals surface area contributed by atoms with Gasteiger partial charge < -0.3 is 15.8 Å². The van der Waals surface area contributed by atoms with Gasteiger partial charge >= 0.3 is 0 Å². The number of fused-ring (bicyclic) bond motifs is 4. The zero-order valence-corrected chi connectivity index (χ0v) is 17.3. The molecule has 0 radical (unpaired) electrons. The Kier molecular flexibility index (Phi) is 4.80. The normalized spacial score (nSPS) is 13.0. The fourth-order valence-corrected chi connectivity index (χ4v) is 4.69. The second-order valence-corrected chi connectivity index (χ2v) is 8.11. The summed E-state index contributed by atoms with van der Waals surface area (Å²) in [6.07, 6.45) is 3.39. The van der Waals surface area contributed by atoms with Crippen LogP contribution in [0.25, 0.3) is 32.9 Å². The molecule has 1 aromatic heterocycles. The predicted molar refractivity (Wildman–Crippen MR) is 122 cm³/mol. The van der Waals surface area contributed by atoms with Crippen LogP contribution < -0.4 is 10.6 Å². The van der Waals surface area contributed by atoms with Crippen molar-refractivity contribution >= 4 is 33.4 Å². The number of carbonyl (C=O) groups excluding carboxylic acids is 1. The zero-order valence-electron chi connectivity index (χ0n) is 17.3. The first-order valence-corrected chi connectivity index (χ1v) is 10.5. The number of hydrogen-bond donors (Lipinski definition) is 3. The SMILES string of the molecule is N#CN1CCc2ccc(-c3c(F)cc(CC(N)=O)c4[nH]c5cc(CCO)ccc5c34)cc21. The number of aliphatic hydroxyl groups is 1. The molecule has 0 saturated carbocycles. The average Bonchev–Trinajstić information content (AvgIpc) is 3.34. The van der Waals surface area contributed by atoms with Crippen molar-refractivity contribution in [2.24, 2.45) is 5.73 Å². The van der Waals surface area contributed by atoms with Crippen LogP contribution in [0.15, 0.2) is 42.5 Å². The van der Waals surface area contributed by atoms with Crippen LogP contribution in [0.5, 0.6) is 0 Å². The second-order valence-electron chi connectivity index (χ2n) is 8.11. The molecule has 5 rings (SSSR count). The number of nitriles is 1. The summed E-state index contributed by atoms with van der Waals surface area (Å²) >= 11 is 0. The largest absolute Gasteiger partial charge is 0.396 e. The first-order chi connectivity index (χ1) is 15.5. The quantitative estimate of drug-likeness (QED) is 0.423. The first-order valence-electron chi connectivity index (χ1n) is 10.5. The number of carbonyl (C=O) groups is 1. The van der Waals surface area contributed by atoms with Crippen LogP contribution in [-0.2, 0) is 24.1 Å². The monoisotopic (exact) mass is 428 g/mol. The number of amides is 1. The molecule has 6 nitrogen and oxygen atoms in total. The van der Waals surface area contributed by atoms with Crippen molar-refractivity contribution in [2.75, 3.05) is 18.1 Å². The number of aliphatic hydroxyl groups excluding tert-OH is 1. The van der Waals surface area contributed by atoms with Crippen LogP contribution in [0.4, 0.5) is 10.1 Å². The highest BCUT2D eigenvalue weighted by atomic mass is 19.1. The average molecular weight is 428 g/mol. The molecule has 0 aliphatic carbocycles. The molecule has 1 aliphatic heterocycles. The third-order valence-corrected chi connectivity index (χ3v) is 6.13. The third kappa shape index (κ3) is 3.17. The Bertz CT molecular complexity index is 1430. The highest BCUT2D eigenvalue weighted by Gasteiger charge is 2.23. The molecule has 0 saturated heterocycles. The molecule has 0 bridgehead atoms. The van der Waals surface area contributed by atoms with E-state index in [1.165, 1.54) is 6.07 Å². The van der Waals surface area contributed by atoms with Crippen LogP contribution in [-0.4, -0.2) is 29.1 Å². The Morgan fingerprint density at radius 3 is 2.84 bits per heavy atom. The van der Waals surface area contributed by atoms with Crippen molar-refractivity contribution in [2.45, 2.75) is 19.3 Å². The Morgan fingerprint density at radius 1 is 1.25 bits per heavy atom. The minimum Gasteiger partial charge on any atom is -0.396 e. The molecule has 4 N–H and O–H groups in total. The maximum atomic E-state index is 15.6. The number of hydrogen-bond acceptors (Lipinski definition) is 4. The van der Waals surface area contributed by atoms with E-state index in [4.69, 9.17) is 5.73 Å². The van der Waals surface area contributed by atoms with E-state index in [9.17, 15) is 15.2 Å². The lowest BCUT2D eigenvalue weighted by molar-refractivity contribution is -0.117. The number of aromatic nitrogens is 1. The van der Waals surface area contributed by atoms with Crippen LogP contribution in [0.3, 0.4) is 0 Å². The van der Waals surface area contributed by atoms with Crippen molar-refractivity contribution < 1.29 is 14.3 Å². The maximum absolute atomic E-state index is 15.6. The number of anilines is 1. The lowest BCUT2D eigenvalue weighted by Crippen LogP contribution is -2.14. The molecular formula is C25H21FN4O2. The number of aromatic amines is 1. The van der Waals surface area contributed by atoms with Crippen molar-refractivity contribution in [1.82, 2.24) is 4.98 Å². The van der Waals surface area contributed by atoms with Gasteiger partial charge in [-0.05, 0) is 53.3 Å². The molecular weight excluding hydrogens is 407 g/mol. The van der Waals surface area contributed by atoms with Crippen LogP contribution >= 0.6 is 0 Å². The van der Waals surface area contributed by atoms with Crippen molar-refractivity contribution in [1.29, 1.82) is 5.26 Å². The van der Waals surface area contributed by atoms with Crippen molar-refractivity contribution in [3.8, 4) is 17.3 Å². The summed E-state index contributed by atoms with van der Waals surface area (Å²) in [5.74, 6) is -0.990. The molecule has 0 spiro atoms. The van der Waals surface area contributed by atoms with Gasteiger partial charge in [0.25, 0.3) is 0 Å². The fraction of sp³-hybridized carbons (Fsp3) is 0.200. The minimum atomic E-state index is -0.541. The van der Waals surface area contributed by atoms with Crippen LogP contribution in [0, 0.1) is 17.3 Å². The predicted octanol–water partition coefficient (Wildman–Crippen LogP) is 3.53. The van der Waals surface area contributed by atoms with E-state index in [2.05, 4.69) is 11.2 Å². The molecule has 7 heteroatoms. The number of H-pyrrole nitrogens is 1. The van der Waals surface area contributed by atoms with Crippen molar-refractivity contribution in [3.05, 3.63) is 65.0 Å². The van der Waals surface area contributed by atoms with Crippen molar-refractivity contribution in [3.63, 3.8) is 0 Å². The van der Waals surface area contributed by atoms with E-state index < -0.39 is 11.7 Å². The third-order valence-electron chi connectivity index (χ3n) is 6.13. The molecule has 1 aliphatic rings. The summed E-state index contributed by atoms with van der Waals surface area (Å²) in [5.41, 5.74) is 11.3. The molecule has 4 aromatic rings. The Morgan fingerprint density at radius 2 is 2.09 bits per heavy atom. The van der Waals surface area contributed by atoms with Gasteiger partial charge in [0.05, 0.1) is 17.6 Å². The summed E-state index contributed by atoms with van der Waals surface area (Å²) in [4.78, 5) is 16.6. The molecule has 0 atom stereocenters. The second kappa shape index (κ2) is 7.66. The van der Waals surface area contributed by atoms with E-state index in [1.807, 2.05) is 36.4 Å². The van der Waals surface area contributed by atoms with Gasteiger partial charge in [-0.15, -0.1) is 0 Å². The maximum Gasteiger partial charge on any atom is 0.221 e. The summed E-state index contributed by atoms with van der Waals surface area (Å²) in [6.45, 7) is 0.647. The molecule has 0 unspecified atom stereocenters. The molecule has 2 heterocycles. The van der Waals surface area contributed by atoms with Gasteiger partial charge in [0.15, 0.2) is 6.19 Å². The number of nitrogens with one attached hydrogen (secondary N) is 1. The molecule has 3 aromatic carbocycles. The highest BCUT2D eigenvalue weighted by Crippen LogP contribution is 2.41. The van der Waals surface area contributed by atoms with Gasteiger partial charge in [-0.3, -0.25) is 9.69 Å².